The highest BCUT2D eigenvalue weighted by atomic mass is 16.6. The highest BCUT2D eigenvalue weighted by Crippen LogP contribution is 2.29. The van der Waals surface area contributed by atoms with E-state index in [-0.39, 0.29) is 6.10 Å². The zero-order valence-electron chi connectivity index (χ0n) is 16.9. The molecule has 9 heteroatoms. The number of ether oxygens (including phenoxy) is 2. The lowest BCUT2D eigenvalue weighted by molar-refractivity contribution is 0.0644. The maximum absolute atomic E-state index is 12.8. The first-order valence-electron chi connectivity index (χ1n) is 9.39. The summed E-state index contributed by atoms with van der Waals surface area (Å²) in [4.78, 5) is 25.0. The molecule has 8 nitrogen and oxygen atoms in total. The van der Waals surface area contributed by atoms with E-state index in [1.165, 1.54) is 0 Å². The van der Waals surface area contributed by atoms with Crippen LogP contribution >= 0.6 is 0 Å². The number of hydrazine groups is 1. The van der Waals surface area contributed by atoms with Crippen LogP contribution < -0.4 is 10.9 Å². The number of fused-ring (bicyclic) bond motifs is 1. The molecule has 0 fully saturated rings. The summed E-state index contributed by atoms with van der Waals surface area (Å²) in [7, 11) is -1.16. The largest absolute Gasteiger partial charge is 0.560 e. The smallest absolute Gasteiger partial charge is 0.534 e. The van der Waals surface area contributed by atoms with Crippen LogP contribution in [0.4, 0.5) is 9.59 Å². The zero-order chi connectivity index (χ0) is 20.8. The molecule has 0 aromatic heterocycles. The van der Waals surface area contributed by atoms with Crippen molar-refractivity contribution < 1.29 is 28.7 Å². The quantitative estimate of drug-likeness (QED) is 0.593. The molecule has 0 spiro atoms. The number of nitrogens with one attached hydrogen (secondary N) is 1. The molecule has 152 valence electrons. The molecule has 0 bridgehead atoms. The molecule has 0 atom stereocenters. The molecule has 1 aromatic carbocycles. The first-order chi connectivity index (χ1) is 13.2. The number of hydrogen-bond donors (Lipinski definition) is 2. The molecule has 0 aliphatic carbocycles. The lowest BCUT2D eigenvalue weighted by Crippen LogP contribution is -2.50. The summed E-state index contributed by atoms with van der Waals surface area (Å²) < 4.78 is 16.1. The third-order valence-corrected chi connectivity index (χ3v) is 3.77. The average molecular weight is 390 g/mol. The second-order valence-corrected chi connectivity index (χ2v) is 6.91. The van der Waals surface area contributed by atoms with E-state index in [4.69, 9.17) is 14.1 Å². The molecule has 0 unspecified atom stereocenters. The van der Waals surface area contributed by atoms with E-state index in [1.807, 2.05) is 6.92 Å². The lowest BCUT2D eigenvalue weighted by atomic mass is 9.73. The van der Waals surface area contributed by atoms with Gasteiger partial charge in [-0.1, -0.05) is 31.2 Å². The Morgan fingerprint density at radius 1 is 1.18 bits per heavy atom. The summed E-state index contributed by atoms with van der Waals surface area (Å²) in [6, 6.07) is 6.97. The minimum Gasteiger partial charge on any atom is -0.534 e. The van der Waals surface area contributed by atoms with Gasteiger partial charge in [0.2, 0.25) is 0 Å². The van der Waals surface area contributed by atoms with Crippen LogP contribution in [-0.4, -0.2) is 41.5 Å². The number of allylic oxidation sites excluding steroid dienone is 1. The first-order valence-corrected chi connectivity index (χ1v) is 9.39. The van der Waals surface area contributed by atoms with Gasteiger partial charge in [-0.15, -0.1) is 0 Å². The van der Waals surface area contributed by atoms with Gasteiger partial charge in [0.25, 0.3) is 0 Å². The number of benzene rings is 1. The minimum atomic E-state index is -1.16. The molecule has 1 heterocycles. The van der Waals surface area contributed by atoms with E-state index >= 15 is 0 Å². The van der Waals surface area contributed by atoms with Crippen LogP contribution in [-0.2, 0) is 14.1 Å². The summed E-state index contributed by atoms with van der Waals surface area (Å²) in [5.74, 6) is 0.374. The number of hydrogen-bond acceptors (Lipinski definition) is 6. The molecule has 0 radical (unpaired) electrons. The van der Waals surface area contributed by atoms with Crippen LogP contribution in [0.3, 0.4) is 0 Å². The average Bonchev–Trinajstić information content (AvgIpc) is 2.60. The van der Waals surface area contributed by atoms with Crippen molar-refractivity contribution in [3.8, 4) is 0 Å². The Labute approximate surface area is 165 Å². The van der Waals surface area contributed by atoms with Gasteiger partial charge >= 0.3 is 19.3 Å². The van der Waals surface area contributed by atoms with Crippen LogP contribution in [0.15, 0.2) is 30.0 Å². The number of nitrogens with zero attached hydrogens (tertiary/aromatic N) is 1. The Morgan fingerprint density at radius 2 is 1.82 bits per heavy atom. The Kier molecular flexibility index (Phi) is 7.34. The summed E-state index contributed by atoms with van der Waals surface area (Å²) in [5.41, 5.74) is 3.81. The standard InChI is InChI=1S/C19H27BN2O6/c1-6-9-16-17(14-10-7-8-11-15(14)20(25)28-16)22(19(24)27-13(4)5)21-18(23)26-12(2)3/h7-8,10-13,25H,6,9H2,1-5H3,(H,21,23). The summed E-state index contributed by atoms with van der Waals surface area (Å²) in [6.45, 7) is 8.76. The lowest BCUT2D eigenvalue weighted by Gasteiger charge is -2.32. The molecule has 0 saturated heterocycles. The van der Waals surface area contributed by atoms with Gasteiger partial charge in [0.15, 0.2) is 0 Å². The van der Waals surface area contributed by atoms with Gasteiger partial charge in [-0.25, -0.2) is 15.0 Å². The van der Waals surface area contributed by atoms with Crippen molar-refractivity contribution in [2.24, 2.45) is 0 Å². The highest BCUT2D eigenvalue weighted by molar-refractivity contribution is 6.62. The number of carbonyl (C=O) groups excluding carboxylic acids is 2. The third-order valence-electron chi connectivity index (χ3n) is 3.77. The first kappa shape index (κ1) is 21.6. The Balaban J connectivity index is 2.54. The van der Waals surface area contributed by atoms with Crippen LogP contribution in [0.25, 0.3) is 5.70 Å². The fourth-order valence-corrected chi connectivity index (χ4v) is 2.76. The second kappa shape index (κ2) is 9.50. The Hall–Kier alpha value is -2.68. The Morgan fingerprint density at radius 3 is 2.43 bits per heavy atom. The molecule has 28 heavy (non-hydrogen) atoms. The molecular weight excluding hydrogens is 363 g/mol. The van der Waals surface area contributed by atoms with Gasteiger partial charge in [0.05, 0.1) is 12.2 Å². The van der Waals surface area contributed by atoms with Crippen LogP contribution in [0.5, 0.6) is 0 Å². The second-order valence-electron chi connectivity index (χ2n) is 6.91. The molecular formula is C19H27BN2O6. The third kappa shape index (κ3) is 5.19. The van der Waals surface area contributed by atoms with Crippen molar-refractivity contribution in [1.29, 1.82) is 0 Å². The van der Waals surface area contributed by atoms with Crippen molar-refractivity contribution in [3.63, 3.8) is 0 Å². The van der Waals surface area contributed by atoms with Crippen molar-refractivity contribution in [1.82, 2.24) is 10.4 Å². The normalized spacial score (nSPS) is 13.2. The number of rotatable bonds is 5. The molecule has 1 aromatic rings. The SMILES string of the molecule is CCCC1=C(N(NC(=O)OC(C)C)C(=O)OC(C)C)c2ccccc2B(O)O1. The number of carbonyl (C=O) groups is 2. The summed E-state index contributed by atoms with van der Waals surface area (Å²) in [6.07, 6.45) is -1.20. The highest BCUT2D eigenvalue weighted by Gasteiger charge is 2.37. The van der Waals surface area contributed by atoms with Gasteiger partial charge in [-0.05, 0) is 34.1 Å². The molecule has 2 N–H and O–H groups in total. The van der Waals surface area contributed by atoms with E-state index in [0.717, 1.165) is 5.01 Å². The van der Waals surface area contributed by atoms with Gasteiger partial charge < -0.3 is 19.2 Å². The van der Waals surface area contributed by atoms with E-state index in [9.17, 15) is 14.6 Å². The van der Waals surface area contributed by atoms with E-state index in [2.05, 4.69) is 5.43 Å². The molecule has 2 amide bonds. The van der Waals surface area contributed by atoms with Crippen molar-refractivity contribution in [2.75, 3.05) is 0 Å². The number of amides is 2. The Bertz CT molecular complexity index is 750. The molecule has 2 rings (SSSR count). The molecule has 1 aliphatic rings. The minimum absolute atomic E-state index is 0.314. The van der Waals surface area contributed by atoms with Gasteiger partial charge in [-0.2, -0.15) is 5.01 Å². The van der Waals surface area contributed by atoms with Crippen molar-refractivity contribution in [3.05, 3.63) is 35.6 Å². The molecule has 0 saturated carbocycles. The van der Waals surface area contributed by atoms with E-state index < -0.39 is 25.4 Å². The predicted molar refractivity (Wildman–Crippen MR) is 105 cm³/mol. The fraction of sp³-hybridized carbons (Fsp3) is 0.474. The summed E-state index contributed by atoms with van der Waals surface area (Å²) >= 11 is 0. The van der Waals surface area contributed by atoms with Crippen molar-refractivity contribution >= 4 is 30.5 Å². The van der Waals surface area contributed by atoms with Gasteiger partial charge in [-0.3, -0.25) is 0 Å². The van der Waals surface area contributed by atoms with Gasteiger partial charge in [0.1, 0.15) is 11.5 Å². The maximum Gasteiger partial charge on any atom is 0.560 e. The maximum atomic E-state index is 12.8. The van der Waals surface area contributed by atoms with Crippen LogP contribution in [0.1, 0.15) is 53.0 Å². The fourth-order valence-electron chi connectivity index (χ4n) is 2.76. The van der Waals surface area contributed by atoms with Gasteiger partial charge in [0, 0.05) is 17.4 Å². The monoisotopic (exact) mass is 390 g/mol. The van der Waals surface area contributed by atoms with E-state index in [1.54, 1.807) is 52.0 Å². The topological polar surface area (TPSA) is 97.3 Å². The predicted octanol–water partition coefficient (Wildman–Crippen LogP) is 2.77. The summed E-state index contributed by atoms with van der Waals surface area (Å²) in [5, 5.41) is 11.3. The molecule has 1 aliphatic heterocycles. The van der Waals surface area contributed by atoms with Crippen molar-refractivity contribution in [2.45, 2.75) is 59.7 Å². The van der Waals surface area contributed by atoms with Crippen LogP contribution in [0.2, 0.25) is 0 Å². The van der Waals surface area contributed by atoms with E-state index in [0.29, 0.717) is 35.3 Å². The zero-order valence-corrected chi connectivity index (χ0v) is 16.9. The van der Waals surface area contributed by atoms with Crippen LogP contribution in [0, 0.1) is 0 Å².